The molecule has 0 fully saturated rings. The third-order valence-corrected chi connectivity index (χ3v) is 3.16. The van der Waals surface area contributed by atoms with Crippen LogP contribution >= 0.6 is 11.5 Å². The summed E-state index contributed by atoms with van der Waals surface area (Å²) in [7, 11) is 1.91. The van der Waals surface area contributed by atoms with Crippen LogP contribution in [0.3, 0.4) is 0 Å². The van der Waals surface area contributed by atoms with Gasteiger partial charge in [-0.25, -0.2) is 0 Å². The summed E-state index contributed by atoms with van der Waals surface area (Å²) < 4.78 is 3.97. The van der Waals surface area contributed by atoms with Gasteiger partial charge in [0.2, 0.25) is 0 Å². The minimum atomic E-state index is 0.552. The molecule has 0 aliphatic carbocycles. The van der Waals surface area contributed by atoms with Crippen molar-refractivity contribution in [3.05, 3.63) is 5.69 Å². The van der Waals surface area contributed by atoms with Crippen molar-refractivity contribution in [2.45, 2.75) is 39.8 Å². The van der Waals surface area contributed by atoms with E-state index in [0.717, 1.165) is 23.8 Å². The summed E-state index contributed by atoms with van der Waals surface area (Å²) in [4.78, 5) is 2.41. The molecule has 0 spiro atoms. The third kappa shape index (κ3) is 3.43. The number of rotatable bonds is 6. The summed E-state index contributed by atoms with van der Waals surface area (Å²) in [5, 5.41) is 8.36. The molecule has 0 aromatic carbocycles. The van der Waals surface area contributed by atoms with E-state index in [9.17, 15) is 0 Å². The van der Waals surface area contributed by atoms with E-state index in [4.69, 9.17) is 0 Å². The quantitative estimate of drug-likeness (QED) is 0.810. The zero-order valence-electron chi connectivity index (χ0n) is 9.95. The number of anilines is 1. The van der Waals surface area contributed by atoms with Gasteiger partial charge >= 0.3 is 0 Å². The van der Waals surface area contributed by atoms with Crippen LogP contribution < -0.4 is 5.32 Å². The van der Waals surface area contributed by atoms with Crippen LogP contribution in [-0.2, 0) is 6.54 Å². The normalized spacial score (nSPS) is 11.3. The molecule has 0 unspecified atom stereocenters. The van der Waals surface area contributed by atoms with E-state index in [1.54, 1.807) is 0 Å². The molecule has 0 amide bonds. The Bertz CT molecular complexity index is 285. The third-order valence-electron chi connectivity index (χ3n) is 2.38. The maximum atomic E-state index is 4.16. The van der Waals surface area contributed by atoms with E-state index >= 15 is 0 Å². The van der Waals surface area contributed by atoms with Crippen molar-refractivity contribution in [2.24, 2.45) is 0 Å². The average Bonchev–Trinajstić information content (AvgIpc) is 2.64. The summed E-state index contributed by atoms with van der Waals surface area (Å²) in [6, 6.07) is 0.552. The smallest absolute Gasteiger partial charge is 0.134 e. The number of hydrogen-bond donors (Lipinski definition) is 1. The Kier molecular flexibility index (Phi) is 4.98. The zero-order chi connectivity index (χ0) is 11.3. The van der Waals surface area contributed by atoms with Gasteiger partial charge in [0.15, 0.2) is 0 Å². The standard InChI is InChI=1S/C10H20N4S/c1-5-6-14(8(2)3)7-9-10(11-4)15-13-12-9/h8,11H,5-7H2,1-4H3. The van der Waals surface area contributed by atoms with Crippen molar-refractivity contribution in [3.8, 4) is 0 Å². The van der Waals surface area contributed by atoms with E-state index in [1.165, 1.54) is 18.0 Å². The van der Waals surface area contributed by atoms with Crippen molar-refractivity contribution in [1.29, 1.82) is 0 Å². The predicted molar refractivity (Wildman–Crippen MR) is 65.3 cm³/mol. The Morgan fingerprint density at radius 3 is 2.73 bits per heavy atom. The van der Waals surface area contributed by atoms with Gasteiger partial charge in [0.1, 0.15) is 10.7 Å². The molecule has 1 aromatic heterocycles. The van der Waals surface area contributed by atoms with Gasteiger partial charge in [-0.2, -0.15) is 0 Å². The minimum Gasteiger partial charge on any atom is -0.377 e. The second-order valence-corrected chi connectivity index (χ2v) is 4.62. The highest BCUT2D eigenvalue weighted by atomic mass is 32.1. The van der Waals surface area contributed by atoms with E-state index in [1.807, 2.05) is 7.05 Å². The number of hydrogen-bond acceptors (Lipinski definition) is 5. The monoisotopic (exact) mass is 228 g/mol. The first-order chi connectivity index (χ1) is 7.19. The van der Waals surface area contributed by atoms with Crippen LogP contribution in [0.1, 0.15) is 32.9 Å². The van der Waals surface area contributed by atoms with Crippen LogP contribution in [0.15, 0.2) is 0 Å². The molecule has 0 bridgehead atoms. The Balaban J connectivity index is 2.65. The molecule has 1 rings (SSSR count). The second kappa shape index (κ2) is 6.02. The largest absolute Gasteiger partial charge is 0.377 e. The number of nitrogens with zero attached hydrogens (tertiary/aromatic N) is 3. The lowest BCUT2D eigenvalue weighted by molar-refractivity contribution is 0.211. The second-order valence-electron chi connectivity index (χ2n) is 3.86. The van der Waals surface area contributed by atoms with Crippen LogP contribution in [0.25, 0.3) is 0 Å². The van der Waals surface area contributed by atoms with Gasteiger partial charge in [0, 0.05) is 31.2 Å². The summed E-state index contributed by atoms with van der Waals surface area (Å²) in [5.74, 6) is 0. The van der Waals surface area contributed by atoms with Gasteiger partial charge in [-0.1, -0.05) is 11.4 Å². The number of nitrogens with one attached hydrogen (secondary N) is 1. The van der Waals surface area contributed by atoms with Gasteiger partial charge in [-0.05, 0) is 26.8 Å². The van der Waals surface area contributed by atoms with Crippen molar-refractivity contribution >= 4 is 16.5 Å². The molecule has 15 heavy (non-hydrogen) atoms. The van der Waals surface area contributed by atoms with Gasteiger partial charge in [-0.15, -0.1) is 5.10 Å². The Labute approximate surface area is 95.8 Å². The highest BCUT2D eigenvalue weighted by Gasteiger charge is 2.13. The first-order valence-electron chi connectivity index (χ1n) is 5.42. The van der Waals surface area contributed by atoms with Gasteiger partial charge in [0.05, 0.1) is 0 Å². The van der Waals surface area contributed by atoms with Crippen molar-refractivity contribution in [1.82, 2.24) is 14.5 Å². The van der Waals surface area contributed by atoms with Crippen LogP contribution in [0.4, 0.5) is 5.00 Å². The molecule has 86 valence electrons. The predicted octanol–water partition coefficient (Wildman–Crippen LogP) is 2.20. The first-order valence-corrected chi connectivity index (χ1v) is 6.19. The fourth-order valence-electron chi connectivity index (χ4n) is 1.50. The SMILES string of the molecule is CCCN(Cc1nnsc1NC)C(C)C. The fraction of sp³-hybridized carbons (Fsp3) is 0.800. The Morgan fingerprint density at radius 1 is 1.47 bits per heavy atom. The fourth-order valence-corrected chi connectivity index (χ4v) is 2.02. The Hall–Kier alpha value is -0.680. The first kappa shape index (κ1) is 12.4. The zero-order valence-corrected chi connectivity index (χ0v) is 10.8. The lowest BCUT2D eigenvalue weighted by atomic mass is 10.2. The molecule has 5 heteroatoms. The van der Waals surface area contributed by atoms with Crippen LogP contribution in [0, 0.1) is 0 Å². The lowest BCUT2D eigenvalue weighted by Crippen LogP contribution is -2.31. The van der Waals surface area contributed by atoms with Crippen LogP contribution in [0.5, 0.6) is 0 Å². The topological polar surface area (TPSA) is 41.1 Å². The molecular weight excluding hydrogens is 208 g/mol. The maximum Gasteiger partial charge on any atom is 0.134 e. The van der Waals surface area contributed by atoms with E-state index in [-0.39, 0.29) is 0 Å². The van der Waals surface area contributed by atoms with Crippen molar-refractivity contribution < 1.29 is 0 Å². The molecule has 4 nitrogen and oxygen atoms in total. The molecule has 1 heterocycles. The molecule has 1 aromatic rings. The summed E-state index contributed by atoms with van der Waals surface area (Å²) >= 11 is 1.42. The van der Waals surface area contributed by atoms with Gasteiger partial charge in [0.25, 0.3) is 0 Å². The summed E-state index contributed by atoms with van der Waals surface area (Å²) in [5.41, 5.74) is 1.06. The summed E-state index contributed by atoms with van der Waals surface area (Å²) in [6.07, 6.45) is 1.17. The van der Waals surface area contributed by atoms with E-state index in [2.05, 4.69) is 40.6 Å². The molecule has 0 saturated heterocycles. The highest BCUT2D eigenvalue weighted by Crippen LogP contribution is 2.19. The van der Waals surface area contributed by atoms with Gasteiger partial charge in [-0.3, -0.25) is 4.90 Å². The molecule has 0 radical (unpaired) electrons. The lowest BCUT2D eigenvalue weighted by Gasteiger charge is -2.25. The summed E-state index contributed by atoms with van der Waals surface area (Å²) in [6.45, 7) is 8.63. The molecule has 0 aliphatic heterocycles. The van der Waals surface area contributed by atoms with E-state index < -0.39 is 0 Å². The van der Waals surface area contributed by atoms with Crippen molar-refractivity contribution in [3.63, 3.8) is 0 Å². The van der Waals surface area contributed by atoms with Gasteiger partial charge < -0.3 is 5.32 Å². The van der Waals surface area contributed by atoms with Crippen molar-refractivity contribution in [2.75, 3.05) is 18.9 Å². The van der Waals surface area contributed by atoms with Crippen LogP contribution in [-0.4, -0.2) is 34.1 Å². The molecular formula is C10H20N4S. The minimum absolute atomic E-state index is 0.552. The molecule has 0 saturated carbocycles. The maximum absolute atomic E-state index is 4.16. The average molecular weight is 228 g/mol. The Morgan fingerprint density at radius 2 is 2.20 bits per heavy atom. The number of aromatic nitrogens is 2. The highest BCUT2D eigenvalue weighted by molar-refractivity contribution is 7.10. The van der Waals surface area contributed by atoms with E-state index in [0.29, 0.717) is 6.04 Å². The molecule has 0 aliphatic rings. The molecule has 1 N–H and O–H groups in total. The van der Waals surface area contributed by atoms with Crippen LogP contribution in [0.2, 0.25) is 0 Å². The molecule has 0 atom stereocenters.